The first kappa shape index (κ1) is 23.3. The van der Waals surface area contributed by atoms with Gasteiger partial charge in [-0.15, -0.1) is 10.2 Å². The van der Waals surface area contributed by atoms with E-state index in [4.69, 9.17) is 9.15 Å². The minimum atomic E-state index is -3.55. The lowest BCUT2D eigenvalue weighted by atomic mass is 10.2. The maximum Gasteiger partial charge on any atom is 0.276 e. The molecule has 2 aromatic carbocycles. The van der Waals surface area contributed by atoms with Crippen molar-refractivity contribution < 1.29 is 17.6 Å². The molecular weight excluding hydrogens is 434 g/mol. The molecule has 0 aliphatic heterocycles. The number of thioether (sulfide) groups is 1. The summed E-state index contributed by atoms with van der Waals surface area (Å²) in [5.74, 6) is 1.93. The number of hydrogen-bond acceptors (Lipinski definition) is 7. The van der Waals surface area contributed by atoms with Gasteiger partial charge in [0.1, 0.15) is 5.75 Å². The summed E-state index contributed by atoms with van der Waals surface area (Å²) in [7, 11) is -3.55. The van der Waals surface area contributed by atoms with Crippen molar-refractivity contribution in [3.63, 3.8) is 0 Å². The van der Waals surface area contributed by atoms with Gasteiger partial charge in [0.15, 0.2) is 0 Å². The number of benzene rings is 2. The number of sulfonamides is 1. The van der Waals surface area contributed by atoms with Gasteiger partial charge < -0.3 is 9.15 Å². The monoisotopic (exact) mass is 461 g/mol. The molecule has 0 atom stereocenters. The zero-order valence-corrected chi connectivity index (χ0v) is 19.6. The summed E-state index contributed by atoms with van der Waals surface area (Å²) in [6.45, 7) is 7.10. The highest BCUT2D eigenvalue weighted by atomic mass is 32.2. The molecular formula is C22H27N3O4S2. The maximum absolute atomic E-state index is 12.8. The normalized spacial score (nSPS) is 11.7. The van der Waals surface area contributed by atoms with Crippen molar-refractivity contribution in [2.24, 2.45) is 0 Å². The third-order valence-electron chi connectivity index (χ3n) is 4.60. The molecule has 1 aromatic heterocycles. The van der Waals surface area contributed by atoms with E-state index in [2.05, 4.69) is 10.2 Å². The standard InChI is InChI=1S/C22H27N3O4S2/c1-4-25(5-2)31(26,27)20-12-7-10-18(16-20)21-23-24-22(29-21)30-14-8-13-28-19-11-6-9-17(3)15-19/h6-7,9-12,15-16H,4-5,8,13-14H2,1-3H3. The molecule has 0 unspecified atom stereocenters. The first-order valence-electron chi connectivity index (χ1n) is 10.2. The van der Waals surface area contributed by atoms with Crippen molar-refractivity contribution in [2.45, 2.75) is 37.3 Å². The van der Waals surface area contributed by atoms with Gasteiger partial charge in [-0.25, -0.2) is 8.42 Å². The lowest BCUT2D eigenvalue weighted by molar-refractivity contribution is 0.318. The van der Waals surface area contributed by atoms with Crippen LogP contribution in [0.25, 0.3) is 11.5 Å². The van der Waals surface area contributed by atoms with Gasteiger partial charge in [0, 0.05) is 24.4 Å². The Morgan fingerprint density at radius 2 is 1.84 bits per heavy atom. The van der Waals surface area contributed by atoms with E-state index < -0.39 is 10.0 Å². The molecule has 0 aliphatic carbocycles. The molecule has 0 aliphatic rings. The summed E-state index contributed by atoms with van der Waals surface area (Å²) in [4.78, 5) is 0.217. The minimum absolute atomic E-state index is 0.217. The molecule has 0 saturated carbocycles. The van der Waals surface area contributed by atoms with Gasteiger partial charge in [-0.2, -0.15) is 4.31 Å². The topological polar surface area (TPSA) is 85.5 Å². The Morgan fingerprint density at radius 3 is 2.58 bits per heavy atom. The average Bonchev–Trinajstić information content (AvgIpc) is 3.23. The molecule has 0 bridgehead atoms. The summed E-state index contributed by atoms with van der Waals surface area (Å²) in [5.41, 5.74) is 1.74. The van der Waals surface area contributed by atoms with E-state index in [9.17, 15) is 8.42 Å². The summed E-state index contributed by atoms with van der Waals surface area (Å²) in [6.07, 6.45) is 0.827. The van der Waals surface area contributed by atoms with Crippen molar-refractivity contribution in [3.05, 3.63) is 54.1 Å². The van der Waals surface area contributed by atoms with Gasteiger partial charge >= 0.3 is 0 Å². The number of nitrogens with zero attached hydrogens (tertiary/aromatic N) is 3. The number of rotatable bonds is 11. The molecule has 0 spiro atoms. The molecule has 0 radical (unpaired) electrons. The van der Waals surface area contributed by atoms with Crippen molar-refractivity contribution >= 4 is 21.8 Å². The molecule has 3 aromatic rings. The Kier molecular flexibility index (Phi) is 8.11. The second kappa shape index (κ2) is 10.8. The fourth-order valence-electron chi connectivity index (χ4n) is 3.00. The third kappa shape index (κ3) is 6.09. The van der Waals surface area contributed by atoms with Crippen molar-refractivity contribution in [2.75, 3.05) is 25.4 Å². The first-order chi connectivity index (χ1) is 14.9. The van der Waals surface area contributed by atoms with Crippen LogP contribution in [-0.4, -0.2) is 48.4 Å². The van der Waals surface area contributed by atoms with Gasteiger partial charge in [-0.1, -0.05) is 43.8 Å². The fourth-order valence-corrected chi connectivity index (χ4v) is 5.18. The molecule has 0 saturated heterocycles. The zero-order valence-electron chi connectivity index (χ0n) is 17.9. The van der Waals surface area contributed by atoms with E-state index in [0.717, 1.165) is 17.9 Å². The molecule has 9 heteroatoms. The fraction of sp³-hybridized carbons (Fsp3) is 0.364. The Balaban J connectivity index is 1.57. The van der Waals surface area contributed by atoms with E-state index in [1.54, 1.807) is 24.3 Å². The van der Waals surface area contributed by atoms with Crippen LogP contribution < -0.4 is 4.74 Å². The molecule has 1 heterocycles. The molecule has 166 valence electrons. The van der Waals surface area contributed by atoms with Crippen LogP contribution in [0.2, 0.25) is 0 Å². The van der Waals surface area contributed by atoms with E-state index in [1.165, 1.54) is 21.6 Å². The Morgan fingerprint density at radius 1 is 1.06 bits per heavy atom. The molecule has 3 rings (SSSR count). The van der Waals surface area contributed by atoms with Crippen LogP contribution in [0.5, 0.6) is 5.75 Å². The van der Waals surface area contributed by atoms with Crippen LogP contribution in [0, 0.1) is 6.92 Å². The van der Waals surface area contributed by atoms with Crippen LogP contribution in [0.3, 0.4) is 0 Å². The highest BCUT2D eigenvalue weighted by Gasteiger charge is 2.22. The minimum Gasteiger partial charge on any atom is -0.494 e. The SMILES string of the molecule is CCN(CC)S(=O)(=O)c1cccc(-c2nnc(SCCCOc3cccc(C)c3)o2)c1. The van der Waals surface area contributed by atoms with Crippen LogP contribution in [-0.2, 0) is 10.0 Å². The largest absolute Gasteiger partial charge is 0.494 e. The van der Waals surface area contributed by atoms with E-state index in [0.29, 0.717) is 36.4 Å². The first-order valence-corrected chi connectivity index (χ1v) is 12.6. The Labute approximate surface area is 187 Å². The van der Waals surface area contributed by atoms with Gasteiger partial charge in [0.05, 0.1) is 11.5 Å². The molecule has 0 N–H and O–H groups in total. The second-order valence-electron chi connectivity index (χ2n) is 6.86. The summed E-state index contributed by atoms with van der Waals surface area (Å²) in [6, 6.07) is 14.6. The van der Waals surface area contributed by atoms with Gasteiger partial charge in [-0.3, -0.25) is 0 Å². The summed E-state index contributed by atoms with van der Waals surface area (Å²) in [5, 5.41) is 8.59. The lowest BCUT2D eigenvalue weighted by Gasteiger charge is -2.18. The Bertz CT molecular complexity index is 1100. The third-order valence-corrected chi connectivity index (χ3v) is 7.55. The van der Waals surface area contributed by atoms with Crippen LogP contribution >= 0.6 is 11.8 Å². The summed E-state index contributed by atoms with van der Waals surface area (Å²) >= 11 is 1.45. The lowest BCUT2D eigenvalue weighted by Crippen LogP contribution is -2.30. The highest BCUT2D eigenvalue weighted by molar-refractivity contribution is 7.99. The predicted molar refractivity (Wildman–Crippen MR) is 122 cm³/mol. The van der Waals surface area contributed by atoms with Crippen LogP contribution in [0.15, 0.2) is 63.1 Å². The molecule has 0 fully saturated rings. The number of aromatic nitrogens is 2. The number of ether oxygens (including phenoxy) is 1. The van der Waals surface area contributed by atoms with Crippen molar-refractivity contribution in [3.8, 4) is 17.2 Å². The zero-order chi connectivity index (χ0) is 22.3. The number of hydrogen-bond donors (Lipinski definition) is 0. The second-order valence-corrected chi connectivity index (χ2v) is 9.84. The average molecular weight is 462 g/mol. The van der Waals surface area contributed by atoms with E-state index in [1.807, 2.05) is 45.0 Å². The van der Waals surface area contributed by atoms with Crippen LogP contribution in [0.4, 0.5) is 0 Å². The molecule has 0 amide bonds. The van der Waals surface area contributed by atoms with Gasteiger partial charge in [-0.05, 0) is 49.2 Å². The summed E-state index contributed by atoms with van der Waals surface area (Å²) < 4.78 is 38.4. The molecule has 7 nitrogen and oxygen atoms in total. The van der Waals surface area contributed by atoms with Crippen molar-refractivity contribution in [1.29, 1.82) is 0 Å². The quantitative estimate of drug-likeness (QED) is 0.304. The van der Waals surface area contributed by atoms with Gasteiger partial charge in [0.25, 0.3) is 5.22 Å². The maximum atomic E-state index is 12.8. The molecule has 31 heavy (non-hydrogen) atoms. The predicted octanol–water partition coefficient (Wildman–Crippen LogP) is 4.64. The van der Waals surface area contributed by atoms with E-state index >= 15 is 0 Å². The Hall–Kier alpha value is -2.36. The smallest absolute Gasteiger partial charge is 0.276 e. The number of aryl methyl sites for hydroxylation is 1. The van der Waals surface area contributed by atoms with Crippen molar-refractivity contribution in [1.82, 2.24) is 14.5 Å². The van der Waals surface area contributed by atoms with Gasteiger partial charge in [0.2, 0.25) is 15.9 Å². The van der Waals surface area contributed by atoms with Crippen LogP contribution in [0.1, 0.15) is 25.8 Å². The highest BCUT2D eigenvalue weighted by Crippen LogP contribution is 2.26. The van der Waals surface area contributed by atoms with E-state index in [-0.39, 0.29) is 4.90 Å².